The van der Waals surface area contributed by atoms with E-state index in [4.69, 9.17) is 0 Å². The van der Waals surface area contributed by atoms with E-state index >= 15 is 0 Å². The Morgan fingerprint density at radius 3 is 2.16 bits per heavy atom. The van der Waals surface area contributed by atoms with Gasteiger partial charge in [-0.1, -0.05) is 48.0 Å². The van der Waals surface area contributed by atoms with Gasteiger partial charge in [0.25, 0.3) is 0 Å². The zero-order valence-electron chi connectivity index (χ0n) is 11.1. The van der Waals surface area contributed by atoms with Crippen LogP contribution in [-0.2, 0) is 10.8 Å². The fraction of sp³-hybridized carbons (Fsp3) is 0.250. The summed E-state index contributed by atoms with van der Waals surface area (Å²) in [6, 6.07) is 17.0. The number of hydrogen-bond acceptors (Lipinski definition) is 2. The van der Waals surface area contributed by atoms with Crippen molar-refractivity contribution in [1.29, 1.82) is 0 Å². The minimum absolute atomic E-state index is 0.342. The van der Waals surface area contributed by atoms with Crippen molar-refractivity contribution >= 4 is 10.8 Å². The Balaban J connectivity index is 2.17. The van der Waals surface area contributed by atoms with Gasteiger partial charge in [0.15, 0.2) is 0 Å². The summed E-state index contributed by atoms with van der Waals surface area (Å²) in [4.78, 5) is 0.757. The van der Waals surface area contributed by atoms with E-state index in [1.807, 2.05) is 68.4 Å². The Morgan fingerprint density at radius 2 is 1.58 bits per heavy atom. The second-order valence-corrected chi connectivity index (χ2v) is 6.48. The molecule has 2 aromatic carbocycles. The fourth-order valence-electron chi connectivity index (χ4n) is 1.93. The minimum atomic E-state index is -1.22. The van der Waals surface area contributed by atoms with Crippen LogP contribution >= 0.6 is 0 Å². The second-order valence-electron chi connectivity index (χ2n) is 4.67. The van der Waals surface area contributed by atoms with E-state index in [2.05, 4.69) is 0 Å². The molecule has 2 rings (SSSR count). The molecular weight excluding hydrogens is 256 g/mol. The molecule has 0 aliphatic carbocycles. The largest absolute Gasteiger partial charge is 0.387 e. The summed E-state index contributed by atoms with van der Waals surface area (Å²) in [7, 11) is -1.22. The van der Waals surface area contributed by atoms with Crippen LogP contribution in [0.25, 0.3) is 0 Å². The summed E-state index contributed by atoms with van der Waals surface area (Å²) in [5, 5.41) is 9.94. The average molecular weight is 274 g/mol. The molecule has 2 nitrogen and oxygen atoms in total. The van der Waals surface area contributed by atoms with Crippen molar-refractivity contribution in [2.24, 2.45) is 0 Å². The predicted molar refractivity (Wildman–Crippen MR) is 78.5 cm³/mol. The summed E-state index contributed by atoms with van der Waals surface area (Å²) in [5.74, 6) is 0. The van der Waals surface area contributed by atoms with Gasteiger partial charge in [-0.05, 0) is 31.5 Å². The zero-order chi connectivity index (χ0) is 13.8. The third-order valence-electron chi connectivity index (χ3n) is 3.18. The van der Waals surface area contributed by atoms with Gasteiger partial charge in [-0.2, -0.15) is 0 Å². The van der Waals surface area contributed by atoms with Crippen LogP contribution in [0, 0.1) is 6.92 Å². The Kier molecular flexibility index (Phi) is 4.51. The molecule has 100 valence electrons. The summed E-state index contributed by atoms with van der Waals surface area (Å²) < 4.78 is 12.4. The predicted octanol–water partition coefficient (Wildman–Crippen LogP) is 3.22. The normalized spacial score (nSPS) is 15.7. The smallest absolute Gasteiger partial charge is 0.0934 e. The summed E-state index contributed by atoms with van der Waals surface area (Å²) in [6.45, 7) is 3.81. The van der Waals surface area contributed by atoms with E-state index < -0.39 is 16.9 Å². The minimum Gasteiger partial charge on any atom is -0.387 e. The molecule has 19 heavy (non-hydrogen) atoms. The van der Waals surface area contributed by atoms with Gasteiger partial charge in [-0.15, -0.1) is 0 Å². The quantitative estimate of drug-likeness (QED) is 0.929. The van der Waals surface area contributed by atoms with E-state index in [0.717, 1.165) is 16.0 Å². The van der Waals surface area contributed by atoms with Crippen LogP contribution in [0.15, 0.2) is 59.5 Å². The summed E-state index contributed by atoms with van der Waals surface area (Å²) >= 11 is 0. The van der Waals surface area contributed by atoms with Crippen molar-refractivity contribution in [1.82, 2.24) is 0 Å². The van der Waals surface area contributed by atoms with Gasteiger partial charge in [-0.25, -0.2) is 0 Å². The van der Waals surface area contributed by atoms with E-state index in [1.165, 1.54) is 0 Å². The van der Waals surface area contributed by atoms with Crippen molar-refractivity contribution < 1.29 is 9.32 Å². The van der Waals surface area contributed by atoms with Crippen molar-refractivity contribution in [3.05, 3.63) is 65.7 Å². The first-order valence-electron chi connectivity index (χ1n) is 6.30. The molecule has 0 saturated heterocycles. The van der Waals surface area contributed by atoms with E-state index in [0.29, 0.717) is 0 Å². The number of hydrogen-bond donors (Lipinski definition) is 1. The van der Waals surface area contributed by atoms with Crippen molar-refractivity contribution in [2.45, 2.75) is 30.1 Å². The molecule has 0 fully saturated rings. The van der Waals surface area contributed by atoms with Gasteiger partial charge >= 0.3 is 0 Å². The molecular formula is C16H18O2S. The highest BCUT2D eigenvalue weighted by Gasteiger charge is 2.23. The molecule has 0 aliphatic heterocycles. The highest BCUT2D eigenvalue weighted by molar-refractivity contribution is 7.85. The Labute approximate surface area is 116 Å². The molecule has 0 aromatic heterocycles. The fourth-order valence-corrected chi connectivity index (χ4v) is 3.15. The first-order chi connectivity index (χ1) is 9.09. The average Bonchev–Trinajstić information content (AvgIpc) is 2.46. The highest BCUT2D eigenvalue weighted by Crippen LogP contribution is 2.24. The van der Waals surface area contributed by atoms with Crippen molar-refractivity contribution in [2.75, 3.05) is 0 Å². The second kappa shape index (κ2) is 6.13. The lowest BCUT2D eigenvalue weighted by atomic mass is 10.1. The molecule has 0 bridgehead atoms. The van der Waals surface area contributed by atoms with Crippen LogP contribution in [0.3, 0.4) is 0 Å². The molecule has 1 N–H and O–H groups in total. The first-order valence-corrected chi connectivity index (χ1v) is 7.51. The highest BCUT2D eigenvalue weighted by atomic mass is 32.2. The molecule has 0 saturated carbocycles. The van der Waals surface area contributed by atoms with Crippen LogP contribution < -0.4 is 0 Å². The molecule has 1 unspecified atom stereocenters. The van der Waals surface area contributed by atoms with Crippen LogP contribution in [0.4, 0.5) is 0 Å². The van der Waals surface area contributed by atoms with Gasteiger partial charge in [0.2, 0.25) is 0 Å². The SMILES string of the molecule is Cc1ccc(S(=O)[C@@H](C)[C@@H](O)c2ccccc2)cc1. The van der Waals surface area contributed by atoms with Crippen LogP contribution in [-0.4, -0.2) is 14.6 Å². The monoisotopic (exact) mass is 274 g/mol. The molecule has 0 aliphatic rings. The lowest BCUT2D eigenvalue weighted by Crippen LogP contribution is -2.20. The van der Waals surface area contributed by atoms with Gasteiger partial charge < -0.3 is 5.11 Å². The molecule has 2 aromatic rings. The topological polar surface area (TPSA) is 37.3 Å². The van der Waals surface area contributed by atoms with Crippen molar-refractivity contribution in [3.63, 3.8) is 0 Å². The van der Waals surface area contributed by atoms with Crippen LogP contribution in [0.1, 0.15) is 24.2 Å². The molecule has 0 heterocycles. The maximum Gasteiger partial charge on any atom is 0.0934 e. The number of aliphatic hydroxyl groups excluding tert-OH is 1. The Morgan fingerprint density at radius 1 is 1.00 bits per heavy atom. The summed E-state index contributed by atoms with van der Waals surface area (Å²) in [6.07, 6.45) is -0.719. The maximum absolute atomic E-state index is 12.4. The number of aryl methyl sites for hydroxylation is 1. The van der Waals surface area contributed by atoms with Gasteiger partial charge in [0, 0.05) is 4.90 Å². The van der Waals surface area contributed by atoms with Crippen LogP contribution in [0.2, 0.25) is 0 Å². The first kappa shape index (κ1) is 14.0. The Hall–Kier alpha value is -1.45. The maximum atomic E-state index is 12.4. The van der Waals surface area contributed by atoms with Gasteiger partial charge in [0.1, 0.15) is 0 Å². The van der Waals surface area contributed by atoms with Gasteiger partial charge in [0.05, 0.1) is 22.2 Å². The summed E-state index contributed by atoms with van der Waals surface area (Å²) in [5.41, 5.74) is 1.94. The number of benzene rings is 2. The molecule has 0 amide bonds. The number of aliphatic hydroxyl groups is 1. The molecule has 3 atom stereocenters. The third kappa shape index (κ3) is 3.31. The number of rotatable bonds is 4. The van der Waals surface area contributed by atoms with E-state index in [9.17, 15) is 9.32 Å². The van der Waals surface area contributed by atoms with Gasteiger partial charge in [-0.3, -0.25) is 4.21 Å². The zero-order valence-corrected chi connectivity index (χ0v) is 11.9. The molecule has 3 heteroatoms. The van der Waals surface area contributed by atoms with Crippen molar-refractivity contribution in [3.8, 4) is 0 Å². The Bertz CT molecular complexity index is 549. The van der Waals surface area contributed by atoms with E-state index in [1.54, 1.807) is 0 Å². The van der Waals surface area contributed by atoms with Crippen LogP contribution in [0.5, 0.6) is 0 Å². The van der Waals surface area contributed by atoms with E-state index in [-0.39, 0.29) is 5.25 Å². The lowest BCUT2D eigenvalue weighted by Gasteiger charge is -2.18. The molecule has 0 radical (unpaired) electrons. The molecule has 0 spiro atoms. The standard InChI is InChI=1S/C16H18O2S/c1-12-8-10-15(11-9-12)19(18)13(2)16(17)14-6-4-3-5-7-14/h3-11,13,16-17H,1-2H3/t13-,16+,19?/m0/s1. The lowest BCUT2D eigenvalue weighted by molar-refractivity contribution is 0.178. The third-order valence-corrected chi connectivity index (χ3v) is 4.85.